The van der Waals surface area contributed by atoms with Crippen LogP contribution in [0.5, 0.6) is 0 Å². The fraction of sp³-hybridized carbons (Fsp3) is 0.125. The Kier molecular flexibility index (Phi) is 3.79. The standard InChI is InChI=1S/C16H14N4O2S2/c21-24(22,15-6-5-12-3-1-2-4-13(12)9-15)19-8-7-14-10-23-16-17-11-18-20(14)16/h1-6,9-11,19H,7-8H2. The van der Waals surface area contributed by atoms with E-state index in [1.165, 1.54) is 17.7 Å². The van der Waals surface area contributed by atoms with Crippen LogP contribution in [0.15, 0.2) is 59.1 Å². The van der Waals surface area contributed by atoms with Crippen LogP contribution < -0.4 is 4.72 Å². The number of hydrogen-bond acceptors (Lipinski definition) is 5. The third-order valence-electron chi connectivity index (χ3n) is 3.79. The molecule has 0 unspecified atom stereocenters. The molecule has 0 amide bonds. The lowest BCUT2D eigenvalue weighted by Gasteiger charge is -2.07. The van der Waals surface area contributed by atoms with Crippen LogP contribution in [0.25, 0.3) is 15.7 Å². The van der Waals surface area contributed by atoms with E-state index >= 15 is 0 Å². The van der Waals surface area contributed by atoms with E-state index in [1.807, 2.05) is 35.7 Å². The number of aromatic nitrogens is 3. The maximum atomic E-state index is 12.5. The van der Waals surface area contributed by atoms with E-state index in [9.17, 15) is 8.42 Å². The molecule has 6 nitrogen and oxygen atoms in total. The molecule has 24 heavy (non-hydrogen) atoms. The summed E-state index contributed by atoms with van der Waals surface area (Å²) in [5.74, 6) is 0. The van der Waals surface area contributed by atoms with Crippen LogP contribution in [-0.4, -0.2) is 29.6 Å². The Balaban J connectivity index is 1.51. The van der Waals surface area contributed by atoms with Crippen molar-refractivity contribution in [1.29, 1.82) is 0 Å². The van der Waals surface area contributed by atoms with Gasteiger partial charge in [-0.2, -0.15) is 5.10 Å². The molecule has 0 atom stereocenters. The van der Waals surface area contributed by atoms with E-state index in [-0.39, 0.29) is 4.90 Å². The summed E-state index contributed by atoms with van der Waals surface area (Å²) < 4.78 is 29.3. The first-order valence-corrected chi connectivity index (χ1v) is 9.74. The molecular weight excluding hydrogens is 344 g/mol. The van der Waals surface area contributed by atoms with Gasteiger partial charge in [0, 0.05) is 18.3 Å². The summed E-state index contributed by atoms with van der Waals surface area (Å²) in [5, 5.41) is 7.99. The second-order valence-corrected chi connectivity index (χ2v) is 7.94. The Morgan fingerprint density at radius 1 is 1.12 bits per heavy atom. The number of fused-ring (bicyclic) bond motifs is 2. The van der Waals surface area contributed by atoms with Crippen molar-refractivity contribution >= 4 is 37.1 Å². The number of sulfonamides is 1. The van der Waals surface area contributed by atoms with Crippen LogP contribution in [0, 0.1) is 0 Å². The van der Waals surface area contributed by atoms with Crippen molar-refractivity contribution in [1.82, 2.24) is 19.3 Å². The van der Waals surface area contributed by atoms with Crippen LogP contribution in [-0.2, 0) is 16.4 Å². The molecule has 0 saturated carbocycles. The van der Waals surface area contributed by atoms with Gasteiger partial charge in [-0.25, -0.2) is 22.6 Å². The lowest BCUT2D eigenvalue weighted by Crippen LogP contribution is -2.26. The highest BCUT2D eigenvalue weighted by Crippen LogP contribution is 2.19. The van der Waals surface area contributed by atoms with E-state index in [1.54, 1.807) is 16.6 Å². The molecule has 0 aliphatic heterocycles. The molecule has 0 aliphatic rings. The molecular formula is C16H14N4O2S2. The van der Waals surface area contributed by atoms with E-state index in [0.717, 1.165) is 21.4 Å². The van der Waals surface area contributed by atoms with E-state index in [0.29, 0.717) is 13.0 Å². The quantitative estimate of drug-likeness (QED) is 0.595. The summed E-state index contributed by atoms with van der Waals surface area (Å²) >= 11 is 1.49. The van der Waals surface area contributed by atoms with Crippen molar-refractivity contribution in [3.63, 3.8) is 0 Å². The first-order valence-electron chi connectivity index (χ1n) is 7.38. The first kappa shape index (κ1) is 15.3. The van der Waals surface area contributed by atoms with Crippen LogP contribution in [0.3, 0.4) is 0 Å². The van der Waals surface area contributed by atoms with Gasteiger partial charge in [-0.1, -0.05) is 30.3 Å². The molecule has 4 aromatic rings. The third kappa shape index (κ3) is 2.79. The largest absolute Gasteiger partial charge is 0.240 e. The van der Waals surface area contributed by atoms with Gasteiger partial charge < -0.3 is 0 Å². The molecule has 0 bridgehead atoms. The summed E-state index contributed by atoms with van der Waals surface area (Å²) in [6, 6.07) is 12.8. The number of nitrogens with one attached hydrogen (secondary N) is 1. The molecule has 0 radical (unpaired) electrons. The minimum atomic E-state index is -3.54. The summed E-state index contributed by atoms with van der Waals surface area (Å²) in [6.45, 7) is 0.306. The second-order valence-electron chi connectivity index (χ2n) is 5.34. The number of rotatable bonds is 5. The van der Waals surface area contributed by atoms with Crippen LogP contribution in [0.2, 0.25) is 0 Å². The molecule has 2 heterocycles. The van der Waals surface area contributed by atoms with E-state index < -0.39 is 10.0 Å². The fourth-order valence-electron chi connectivity index (χ4n) is 2.58. The summed E-state index contributed by atoms with van der Waals surface area (Å²) in [5.41, 5.74) is 0.939. The minimum Gasteiger partial charge on any atom is -0.211 e. The maximum absolute atomic E-state index is 12.5. The smallest absolute Gasteiger partial charge is 0.211 e. The lowest BCUT2D eigenvalue weighted by molar-refractivity contribution is 0.581. The van der Waals surface area contributed by atoms with Gasteiger partial charge in [-0.05, 0) is 22.9 Å². The maximum Gasteiger partial charge on any atom is 0.240 e. The van der Waals surface area contributed by atoms with Crippen molar-refractivity contribution in [2.75, 3.05) is 6.54 Å². The lowest BCUT2D eigenvalue weighted by atomic mass is 10.1. The van der Waals surface area contributed by atoms with Crippen molar-refractivity contribution in [3.8, 4) is 0 Å². The molecule has 0 saturated heterocycles. The van der Waals surface area contributed by atoms with Crippen molar-refractivity contribution in [2.45, 2.75) is 11.3 Å². The van der Waals surface area contributed by atoms with Crippen LogP contribution in [0.1, 0.15) is 5.69 Å². The zero-order chi connectivity index (χ0) is 16.6. The third-order valence-corrected chi connectivity index (χ3v) is 6.13. The van der Waals surface area contributed by atoms with E-state index in [4.69, 9.17) is 0 Å². The van der Waals surface area contributed by atoms with Gasteiger partial charge in [-0.3, -0.25) is 0 Å². The van der Waals surface area contributed by atoms with Crippen molar-refractivity contribution in [3.05, 3.63) is 59.9 Å². The molecule has 0 spiro atoms. The van der Waals surface area contributed by atoms with Gasteiger partial charge in [0.15, 0.2) is 0 Å². The molecule has 4 rings (SSSR count). The fourth-order valence-corrected chi connectivity index (χ4v) is 4.47. The topological polar surface area (TPSA) is 76.4 Å². The zero-order valence-corrected chi connectivity index (χ0v) is 14.2. The van der Waals surface area contributed by atoms with E-state index in [2.05, 4.69) is 14.8 Å². The average molecular weight is 358 g/mol. The highest BCUT2D eigenvalue weighted by molar-refractivity contribution is 7.89. The SMILES string of the molecule is O=S(=O)(NCCc1csc2ncnn12)c1ccc2ccccc2c1. The van der Waals surface area contributed by atoms with Crippen LogP contribution >= 0.6 is 11.3 Å². The molecule has 1 N–H and O–H groups in total. The Morgan fingerprint density at radius 3 is 2.83 bits per heavy atom. The van der Waals surface area contributed by atoms with Gasteiger partial charge in [0.05, 0.1) is 10.6 Å². The Hall–Kier alpha value is -2.29. The predicted octanol–water partition coefficient (Wildman–Crippen LogP) is 2.47. The highest BCUT2D eigenvalue weighted by atomic mass is 32.2. The Bertz CT molecular complexity index is 1120. The second kappa shape index (κ2) is 5.97. The molecule has 122 valence electrons. The Morgan fingerprint density at radius 2 is 1.96 bits per heavy atom. The molecule has 8 heteroatoms. The summed E-state index contributed by atoms with van der Waals surface area (Å²) in [4.78, 5) is 5.19. The zero-order valence-electron chi connectivity index (χ0n) is 12.6. The minimum absolute atomic E-state index is 0.275. The monoisotopic (exact) mass is 358 g/mol. The normalized spacial score (nSPS) is 12.2. The summed E-state index contributed by atoms with van der Waals surface area (Å²) in [6.07, 6.45) is 2.05. The average Bonchev–Trinajstić information content (AvgIpc) is 3.19. The number of thiazole rings is 1. The van der Waals surface area contributed by atoms with Gasteiger partial charge in [0.25, 0.3) is 0 Å². The highest BCUT2D eigenvalue weighted by Gasteiger charge is 2.14. The van der Waals surface area contributed by atoms with Crippen molar-refractivity contribution < 1.29 is 8.42 Å². The molecule has 0 fully saturated rings. The van der Waals surface area contributed by atoms with Gasteiger partial charge in [0.2, 0.25) is 15.0 Å². The van der Waals surface area contributed by atoms with Crippen molar-refractivity contribution in [2.24, 2.45) is 0 Å². The van der Waals surface area contributed by atoms with Gasteiger partial charge >= 0.3 is 0 Å². The Labute approximate surface area is 142 Å². The number of benzene rings is 2. The summed E-state index contributed by atoms with van der Waals surface area (Å²) in [7, 11) is -3.54. The van der Waals surface area contributed by atoms with Gasteiger partial charge in [0.1, 0.15) is 6.33 Å². The first-order chi connectivity index (χ1) is 11.6. The molecule has 0 aliphatic carbocycles. The number of nitrogens with zero attached hydrogens (tertiary/aromatic N) is 3. The predicted molar refractivity (Wildman–Crippen MR) is 93.7 cm³/mol. The molecule has 2 aromatic heterocycles. The number of hydrogen-bond donors (Lipinski definition) is 1. The van der Waals surface area contributed by atoms with Gasteiger partial charge in [-0.15, -0.1) is 11.3 Å². The van der Waals surface area contributed by atoms with Crippen LogP contribution in [0.4, 0.5) is 0 Å². The molecule has 2 aromatic carbocycles.